The van der Waals surface area contributed by atoms with E-state index >= 15 is 0 Å². The molecule has 1 saturated heterocycles. The monoisotopic (exact) mass is 473 g/mol. The number of halogens is 1. The molecule has 5 nitrogen and oxygen atoms in total. The average Bonchev–Trinajstić information content (AvgIpc) is 3.63. The van der Waals surface area contributed by atoms with Gasteiger partial charge in [0, 0.05) is 25.9 Å². The van der Waals surface area contributed by atoms with Gasteiger partial charge in [0.05, 0.1) is 13.5 Å². The topological polar surface area (TPSA) is 66.8 Å². The van der Waals surface area contributed by atoms with E-state index in [4.69, 9.17) is 4.74 Å². The molecule has 0 aromatic heterocycles. The van der Waals surface area contributed by atoms with Crippen LogP contribution in [0.15, 0.2) is 42.5 Å². The Hall–Kier alpha value is -2.17. The number of likely N-dealkylation sites (tertiary alicyclic amines) is 1. The smallest absolute Gasteiger partial charge is 0.226 e. The van der Waals surface area contributed by atoms with E-state index in [-0.39, 0.29) is 23.6 Å². The van der Waals surface area contributed by atoms with Crippen molar-refractivity contribution in [2.45, 2.75) is 43.9 Å². The Morgan fingerprint density at radius 2 is 1.91 bits per heavy atom. The van der Waals surface area contributed by atoms with Crippen LogP contribution in [0.4, 0.5) is 4.39 Å². The third kappa shape index (κ3) is 6.24. The molecule has 1 amide bonds. The molecule has 178 valence electrons. The maximum absolute atomic E-state index is 14.3. The summed E-state index contributed by atoms with van der Waals surface area (Å²) in [6, 6.07) is 12.8. The van der Waals surface area contributed by atoms with E-state index < -0.39 is 7.37 Å². The first kappa shape index (κ1) is 24.0. The Bertz CT molecular complexity index is 1040. The van der Waals surface area contributed by atoms with E-state index in [2.05, 4.69) is 0 Å². The van der Waals surface area contributed by atoms with Crippen molar-refractivity contribution in [2.75, 3.05) is 33.0 Å². The number of benzene rings is 2. The summed E-state index contributed by atoms with van der Waals surface area (Å²) in [5.74, 6) is 1.12. The van der Waals surface area contributed by atoms with Gasteiger partial charge in [0.15, 0.2) is 7.37 Å². The summed E-state index contributed by atoms with van der Waals surface area (Å²) >= 11 is 0. The molecule has 1 aliphatic carbocycles. The molecule has 1 N–H and O–H groups in total. The largest absolute Gasteiger partial charge is 0.497 e. The number of piperidine rings is 1. The summed E-state index contributed by atoms with van der Waals surface area (Å²) in [5, 5.41) is 0. The lowest BCUT2D eigenvalue weighted by Gasteiger charge is -2.32. The highest BCUT2D eigenvalue weighted by Crippen LogP contribution is 2.50. The van der Waals surface area contributed by atoms with Crippen molar-refractivity contribution >= 4 is 13.3 Å². The fraction of sp³-hybridized carbons (Fsp3) is 0.500. The molecule has 1 aliphatic heterocycles. The quantitative estimate of drug-likeness (QED) is 0.537. The number of rotatable bonds is 8. The van der Waals surface area contributed by atoms with Gasteiger partial charge in [0.2, 0.25) is 5.91 Å². The van der Waals surface area contributed by atoms with Crippen LogP contribution in [0, 0.1) is 11.7 Å². The number of nitrogens with zero attached hydrogens (tertiary/aromatic N) is 1. The van der Waals surface area contributed by atoms with Crippen LogP contribution >= 0.6 is 7.37 Å². The first-order valence-electron chi connectivity index (χ1n) is 11.7. The van der Waals surface area contributed by atoms with Gasteiger partial charge in [0.25, 0.3) is 0 Å². The van der Waals surface area contributed by atoms with Gasteiger partial charge in [-0.25, -0.2) is 4.39 Å². The minimum atomic E-state index is -3.12. The minimum absolute atomic E-state index is 0.0722. The minimum Gasteiger partial charge on any atom is -0.497 e. The van der Waals surface area contributed by atoms with E-state index in [0.717, 1.165) is 36.8 Å². The van der Waals surface area contributed by atoms with Crippen molar-refractivity contribution in [3.8, 4) is 5.75 Å². The van der Waals surface area contributed by atoms with Gasteiger partial charge in [-0.2, -0.15) is 0 Å². The van der Waals surface area contributed by atoms with E-state index in [1.807, 2.05) is 29.2 Å². The molecule has 1 saturated carbocycles. The summed E-state index contributed by atoms with van der Waals surface area (Å²) < 4.78 is 31.6. The third-order valence-electron chi connectivity index (χ3n) is 6.95. The van der Waals surface area contributed by atoms with Crippen LogP contribution in [0.25, 0.3) is 0 Å². The molecule has 1 heterocycles. The Kier molecular flexibility index (Phi) is 7.25. The zero-order valence-electron chi connectivity index (χ0n) is 19.4. The van der Waals surface area contributed by atoms with Crippen molar-refractivity contribution in [1.82, 2.24) is 4.90 Å². The fourth-order valence-electron chi connectivity index (χ4n) is 5.01. The number of hydrogen-bond acceptors (Lipinski definition) is 3. The maximum atomic E-state index is 14.3. The Balaban J connectivity index is 1.38. The van der Waals surface area contributed by atoms with Gasteiger partial charge < -0.3 is 14.5 Å². The number of hydrogen-bond donors (Lipinski definition) is 1. The van der Waals surface area contributed by atoms with Crippen LogP contribution < -0.4 is 4.74 Å². The molecule has 7 heteroatoms. The van der Waals surface area contributed by atoms with Crippen molar-refractivity contribution < 1.29 is 23.4 Å². The molecule has 2 aliphatic rings. The normalized spacial score (nSPS) is 19.7. The van der Waals surface area contributed by atoms with E-state index in [0.29, 0.717) is 42.9 Å². The first-order chi connectivity index (χ1) is 15.7. The third-order valence-corrected chi connectivity index (χ3v) is 8.02. The lowest BCUT2D eigenvalue weighted by molar-refractivity contribution is -0.131. The summed E-state index contributed by atoms with van der Waals surface area (Å²) in [6.07, 6.45) is 4.24. The molecular formula is C26H33FNO4P. The molecule has 4 rings (SSSR count). The van der Waals surface area contributed by atoms with Crippen LogP contribution in [0.3, 0.4) is 0 Å². The summed E-state index contributed by atoms with van der Waals surface area (Å²) in [7, 11) is -1.54. The van der Waals surface area contributed by atoms with Crippen molar-refractivity contribution in [3.05, 3.63) is 65.0 Å². The summed E-state index contributed by atoms with van der Waals surface area (Å²) in [4.78, 5) is 24.8. The standard InChI is InChI=1S/C26H33FNO4P/c1-32-22-8-9-25(27)23(16-22)20-10-12-28(13-11-20)26(29)15-18-4-3-5-21(14-18)24(19-6-7-19)17-33(2,30)31/h3-5,8-9,14,16,19-20,24H,6-7,10-13,15,17H2,1-2H3,(H,30,31)/t24-/m0/s1. The predicted octanol–water partition coefficient (Wildman–Crippen LogP) is 5.18. The maximum Gasteiger partial charge on any atom is 0.226 e. The second kappa shape index (κ2) is 9.99. The molecule has 33 heavy (non-hydrogen) atoms. The van der Waals surface area contributed by atoms with Gasteiger partial charge in [0.1, 0.15) is 11.6 Å². The van der Waals surface area contributed by atoms with Crippen LogP contribution in [0.1, 0.15) is 54.2 Å². The highest BCUT2D eigenvalue weighted by molar-refractivity contribution is 7.57. The number of carbonyl (C=O) groups is 1. The molecule has 0 bridgehead atoms. The molecular weight excluding hydrogens is 440 g/mol. The molecule has 2 atom stereocenters. The number of ether oxygens (including phenoxy) is 1. The van der Waals surface area contributed by atoms with Crippen molar-refractivity contribution in [3.63, 3.8) is 0 Å². The van der Waals surface area contributed by atoms with E-state index in [9.17, 15) is 18.6 Å². The number of methoxy groups -OCH3 is 1. The molecule has 0 radical (unpaired) electrons. The highest BCUT2D eigenvalue weighted by Gasteiger charge is 2.35. The van der Waals surface area contributed by atoms with Gasteiger partial charge in [-0.05, 0) is 78.3 Å². The fourth-order valence-corrected chi connectivity index (χ4v) is 6.25. The van der Waals surface area contributed by atoms with Gasteiger partial charge in [-0.15, -0.1) is 0 Å². The second-order valence-electron chi connectivity index (χ2n) is 9.64. The second-order valence-corrected chi connectivity index (χ2v) is 12.1. The molecule has 2 fully saturated rings. The molecule has 1 unspecified atom stereocenters. The molecule has 0 spiro atoms. The first-order valence-corrected chi connectivity index (χ1v) is 14.0. The number of amides is 1. The predicted molar refractivity (Wildman–Crippen MR) is 128 cm³/mol. The van der Waals surface area contributed by atoms with Gasteiger partial charge in [-0.3, -0.25) is 9.36 Å². The van der Waals surface area contributed by atoms with Gasteiger partial charge >= 0.3 is 0 Å². The Labute approximate surface area is 195 Å². The van der Waals surface area contributed by atoms with Crippen molar-refractivity contribution in [2.24, 2.45) is 5.92 Å². The Morgan fingerprint density at radius 1 is 1.18 bits per heavy atom. The zero-order valence-corrected chi connectivity index (χ0v) is 20.3. The lowest BCUT2D eigenvalue weighted by atomic mass is 9.88. The number of carbonyl (C=O) groups excluding carboxylic acids is 1. The molecule has 2 aromatic rings. The van der Waals surface area contributed by atoms with Crippen LogP contribution in [0.2, 0.25) is 0 Å². The zero-order chi connectivity index (χ0) is 23.6. The van der Waals surface area contributed by atoms with Crippen molar-refractivity contribution in [1.29, 1.82) is 0 Å². The lowest BCUT2D eigenvalue weighted by Crippen LogP contribution is -2.39. The van der Waals surface area contributed by atoms with Gasteiger partial charge in [-0.1, -0.05) is 24.3 Å². The Morgan fingerprint density at radius 3 is 2.55 bits per heavy atom. The average molecular weight is 474 g/mol. The highest BCUT2D eigenvalue weighted by atomic mass is 31.2. The van der Waals surface area contributed by atoms with Crippen LogP contribution in [-0.4, -0.2) is 48.7 Å². The SMILES string of the molecule is COc1ccc(F)c(C2CCN(C(=O)Cc3cccc([C@@H](CP(C)(=O)O)C4CC4)c3)CC2)c1. The molecule has 2 aromatic carbocycles. The van der Waals surface area contributed by atoms with E-state index in [1.54, 1.807) is 19.2 Å². The van der Waals surface area contributed by atoms with Crippen LogP contribution in [-0.2, 0) is 15.8 Å². The summed E-state index contributed by atoms with van der Waals surface area (Å²) in [5.41, 5.74) is 2.66. The summed E-state index contributed by atoms with van der Waals surface area (Å²) in [6.45, 7) is 2.64. The van der Waals surface area contributed by atoms with E-state index in [1.165, 1.54) is 12.7 Å². The van der Waals surface area contributed by atoms with Crippen LogP contribution in [0.5, 0.6) is 5.75 Å².